The molecule has 24 heavy (non-hydrogen) atoms. The number of nitrogens with one attached hydrogen (secondary N) is 2. The summed E-state index contributed by atoms with van der Waals surface area (Å²) in [5.74, 6) is 2.14. The van der Waals surface area contributed by atoms with E-state index in [0.29, 0.717) is 13.1 Å². The Morgan fingerprint density at radius 1 is 1.21 bits per heavy atom. The van der Waals surface area contributed by atoms with Gasteiger partial charge in [0.25, 0.3) is 5.91 Å². The van der Waals surface area contributed by atoms with Crippen molar-refractivity contribution in [2.24, 2.45) is 0 Å². The summed E-state index contributed by atoms with van der Waals surface area (Å²) in [6.45, 7) is 8.13. The number of carbonyl (C=O) groups is 2. The van der Waals surface area contributed by atoms with Gasteiger partial charge < -0.3 is 15.1 Å². The maximum Gasteiger partial charge on any atom is 0.275 e. The zero-order valence-corrected chi connectivity index (χ0v) is 15.5. The topological polar surface area (TPSA) is 53.9 Å². The normalized spacial score (nSPS) is 15.3. The molecule has 5 nitrogen and oxygen atoms in total. The third-order valence-corrected chi connectivity index (χ3v) is 5.31. The second-order valence-corrected chi connectivity index (χ2v) is 7.43. The number of amides is 2. The Kier molecular flexibility index (Phi) is 7.59. The second-order valence-electron chi connectivity index (χ2n) is 6.32. The van der Waals surface area contributed by atoms with Crippen LogP contribution in [-0.4, -0.2) is 61.7 Å². The minimum atomic E-state index is 0.109. The predicted molar refractivity (Wildman–Crippen MR) is 98.2 cm³/mol. The number of piperazine rings is 1. The van der Waals surface area contributed by atoms with Crippen LogP contribution in [0.3, 0.4) is 0 Å². The summed E-state index contributed by atoms with van der Waals surface area (Å²) in [6, 6.07) is 8.58. The standard InChI is InChI=1S/C18H27N3O2S/c1-15-3-5-17(6-4-15)14-24-12-7-19-18(23)13-20-8-10-21(11-9-20)16(2)22/h3-6H,7-14H2,1-2H3,(H,19,23)/p+1. The molecule has 0 aromatic heterocycles. The van der Waals surface area contributed by atoms with E-state index in [4.69, 9.17) is 0 Å². The molecule has 1 aromatic rings. The summed E-state index contributed by atoms with van der Waals surface area (Å²) < 4.78 is 0. The van der Waals surface area contributed by atoms with E-state index < -0.39 is 0 Å². The van der Waals surface area contributed by atoms with Gasteiger partial charge in [0.2, 0.25) is 5.91 Å². The molecule has 0 aliphatic carbocycles. The van der Waals surface area contributed by atoms with E-state index in [1.807, 2.05) is 16.7 Å². The lowest BCUT2D eigenvalue weighted by atomic mass is 10.2. The molecule has 132 valence electrons. The molecule has 2 N–H and O–H groups in total. The van der Waals surface area contributed by atoms with E-state index in [1.54, 1.807) is 6.92 Å². The molecule has 1 saturated heterocycles. The Morgan fingerprint density at radius 2 is 1.88 bits per heavy atom. The Labute approximate surface area is 148 Å². The van der Waals surface area contributed by atoms with E-state index >= 15 is 0 Å². The van der Waals surface area contributed by atoms with Crippen molar-refractivity contribution in [2.75, 3.05) is 45.0 Å². The van der Waals surface area contributed by atoms with Crippen molar-refractivity contribution in [3.05, 3.63) is 35.4 Å². The maximum atomic E-state index is 12.0. The Bertz CT molecular complexity index is 540. The number of carbonyl (C=O) groups excluding carboxylic acids is 2. The zero-order valence-electron chi connectivity index (χ0n) is 14.6. The van der Waals surface area contributed by atoms with Gasteiger partial charge in [-0.3, -0.25) is 9.59 Å². The van der Waals surface area contributed by atoms with Gasteiger partial charge in [0.15, 0.2) is 6.54 Å². The van der Waals surface area contributed by atoms with Crippen LogP contribution in [-0.2, 0) is 15.3 Å². The number of benzene rings is 1. The van der Waals surface area contributed by atoms with Crippen molar-refractivity contribution in [2.45, 2.75) is 19.6 Å². The molecule has 1 aromatic carbocycles. The van der Waals surface area contributed by atoms with Crippen LogP contribution in [0, 0.1) is 6.92 Å². The number of hydrogen-bond acceptors (Lipinski definition) is 3. The zero-order chi connectivity index (χ0) is 17.4. The third kappa shape index (κ3) is 6.53. The van der Waals surface area contributed by atoms with Crippen LogP contribution < -0.4 is 10.2 Å². The molecule has 1 aliphatic heterocycles. The predicted octanol–water partition coefficient (Wildman–Crippen LogP) is 0.0914. The van der Waals surface area contributed by atoms with Crippen LogP contribution in [0.1, 0.15) is 18.1 Å². The van der Waals surface area contributed by atoms with Gasteiger partial charge in [-0.15, -0.1) is 0 Å². The molecule has 0 atom stereocenters. The number of thioether (sulfide) groups is 1. The first kappa shape index (κ1) is 18.8. The van der Waals surface area contributed by atoms with Crippen LogP contribution >= 0.6 is 11.8 Å². The lowest BCUT2D eigenvalue weighted by Crippen LogP contribution is -3.15. The molecule has 1 aliphatic rings. The van der Waals surface area contributed by atoms with Gasteiger partial charge in [-0.2, -0.15) is 11.8 Å². The molecule has 0 spiro atoms. The van der Waals surface area contributed by atoms with Gasteiger partial charge in [0.1, 0.15) is 0 Å². The minimum absolute atomic E-state index is 0.109. The molecule has 1 fully saturated rings. The fraction of sp³-hybridized carbons (Fsp3) is 0.556. The van der Waals surface area contributed by atoms with Crippen LogP contribution in [0.4, 0.5) is 0 Å². The van der Waals surface area contributed by atoms with Gasteiger partial charge >= 0.3 is 0 Å². The molecule has 0 saturated carbocycles. The van der Waals surface area contributed by atoms with Crippen molar-refractivity contribution < 1.29 is 14.5 Å². The average molecular weight is 351 g/mol. The molecule has 2 rings (SSSR count). The number of hydrogen-bond donors (Lipinski definition) is 2. The Morgan fingerprint density at radius 3 is 2.50 bits per heavy atom. The summed E-state index contributed by atoms with van der Waals surface area (Å²) in [4.78, 5) is 26.4. The first-order valence-corrected chi connectivity index (χ1v) is 9.69. The molecule has 0 unspecified atom stereocenters. The SMILES string of the molecule is CC(=O)N1CC[NH+](CC(=O)NCCSCc2ccc(C)cc2)CC1. The van der Waals surface area contributed by atoms with Crippen LogP contribution in [0.5, 0.6) is 0 Å². The third-order valence-electron chi connectivity index (χ3n) is 4.28. The minimum Gasteiger partial charge on any atom is -0.350 e. The van der Waals surface area contributed by atoms with E-state index in [0.717, 1.165) is 37.7 Å². The Balaban J connectivity index is 1.54. The van der Waals surface area contributed by atoms with Crippen molar-refractivity contribution in [1.29, 1.82) is 0 Å². The summed E-state index contributed by atoms with van der Waals surface area (Å²) >= 11 is 1.84. The van der Waals surface area contributed by atoms with Crippen molar-refractivity contribution in [1.82, 2.24) is 10.2 Å². The number of quaternary nitrogens is 1. The van der Waals surface area contributed by atoms with Crippen LogP contribution in [0.25, 0.3) is 0 Å². The summed E-state index contributed by atoms with van der Waals surface area (Å²) in [5, 5.41) is 3.00. The lowest BCUT2D eigenvalue weighted by Gasteiger charge is -2.31. The Hall–Kier alpha value is -1.53. The van der Waals surface area contributed by atoms with Gasteiger partial charge in [-0.05, 0) is 12.5 Å². The quantitative estimate of drug-likeness (QED) is 0.686. The largest absolute Gasteiger partial charge is 0.350 e. The molecular weight excluding hydrogens is 322 g/mol. The van der Waals surface area contributed by atoms with Crippen molar-refractivity contribution >= 4 is 23.6 Å². The molecular formula is C18H28N3O2S+. The fourth-order valence-electron chi connectivity index (χ4n) is 2.74. The fourth-order valence-corrected chi connectivity index (χ4v) is 3.56. The van der Waals surface area contributed by atoms with Gasteiger partial charge in [0, 0.05) is 25.0 Å². The van der Waals surface area contributed by atoms with E-state index in [-0.39, 0.29) is 11.8 Å². The monoisotopic (exact) mass is 350 g/mol. The smallest absolute Gasteiger partial charge is 0.275 e. The van der Waals surface area contributed by atoms with Crippen molar-refractivity contribution in [3.8, 4) is 0 Å². The van der Waals surface area contributed by atoms with Crippen LogP contribution in [0.2, 0.25) is 0 Å². The number of nitrogens with zero attached hydrogens (tertiary/aromatic N) is 1. The molecule has 1 heterocycles. The summed E-state index contributed by atoms with van der Waals surface area (Å²) in [6.07, 6.45) is 0. The molecule has 0 radical (unpaired) electrons. The summed E-state index contributed by atoms with van der Waals surface area (Å²) in [5.41, 5.74) is 2.60. The second kappa shape index (κ2) is 9.69. The lowest BCUT2D eigenvalue weighted by molar-refractivity contribution is -0.896. The molecule has 0 bridgehead atoms. The highest BCUT2D eigenvalue weighted by molar-refractivity contribution is 7.98. The van der Waals surface area contributed by atoms with E-state index in [2.05, 4.69) is 36.5 Å². The highest BCUT2D eigenvalue weighted by Crippen LogP contribution is 2.12. The first-order chi connectivity index (χ1) is 11.5. The molecule has 2 amide bonds. The number of rotatable bonds is 7. The van der Waals surface area contributed by atoms with E-state index in [1.165, 1.54) is 16.0 Å². The van der Waals surface area contributed by atoms with Gasteiger partial charge in [-0.1, -0.05) is 29.8 Å². The maximum absolute atomic E-state index is 12.0. The highest BCUT2D eigenvalue weighted by atomic mass is 32.2. The van der Waals surface area contributed by atoms with Gasteiger partial charge in [0.05, 0.1) is 26.2 Å². The first-order valence-electron chi connectivity index (χ1n) is 8.53. The summed E-state index contributed by atoms with van der Waals surface area (Å²) in [7, 11) is 0. The molecule has 6 heteroatoms. The highest BCUT2D eigenvalue weighted by Gasteiger charge is 2.22. The van der Waals surface area contributed by atoms with Gasteiger partial charge in [-0.25, -0.2) is 0 Å². The van der Waals surface area contributed by atoms with Crippen LogP contribution in [0.15, 0.2) is 24.3 Å². The van der Waals surface area contributed by atoms with E-state index in [9.17, 15) is 9.59 Å². The van der Waals surface area contributed by atoms with Crippen molar-refractivity contribution in [3.63, 3.8) is 0 Å². The average Bonchev–Trinajstić information content (AvgIpc) is 2.56. The number of aryl methyl sites for hydroxylation is 1.